The van der Waals surface area contributed by atoms with E-state index in [1.807, 2.05) is 6.20 Å². The van der Waals surface area contributed by atoms with Crippen molar-refractivity contribution in [3.63, 3.8) is 0 Å². The molecule has 0 spiro atoms. The van der Waals surface area contributed by atoms with Gasteiger partial charge in [-0.25, -0.2) is 4.99 Å². The molecule has 0 aromatic heterocycles. The Morgan fingerprint density at radius 1 is 1.46 bits per heavy atom. The molecule has 6 heteroatoms. The lowest BCUT2D eigenvalue weighted by Gasteiger charge is -2.36. The second-order valence-electron chi connectivity index (χ2n) is 3.20. The van der Waals surface area contributed by atoms with Crippen molar-refractivity contribution in [1.29, 1.82) is 0 Å². The lowest BCUT2D eigenvalue weighted by molar-refractivity contribution is -0.123. The van der Waals surface area contributed by atoms with E-state index in [1.54, 1.807) is 0 Å². The zero-order chi connectivity index (χ0) is 8.84. The van der Waals surface area contributed by atoms with Crippen molar-refractivity contribution in [3.05, 3.63) is 11.9 Å². The SMILES string of the molecule is O=C1NC2N=C3NC=C(CN2)NC13. The largest absolute Gasteiger partial charge is 0.369 e. The zero-order valence-electron chi connectivity index (χ0n) is 6.79. The molecule has 6 nitrogen and oxygen atoms in total. The maximum Gasteiger partial charge on any atom is 0.253 e. The summed E-state index contributed by atoms with van der Waals surface area (Å²) >= 11 is 0. The Hall–Kier alpha value is -1.56. The number of fused-ring (bicyclic) bond motifs is 2. The fraction of sp³-hybridized carbons (Fsp3) is 0.429. The van der Waals surface area contributed by atoms with E-state index >= 15 is 0 Å². The first-order valence-electron chi connectivity index (χ1n) is 4.16. The third-order valence-corrected chi connectivity index (χ3v) is 2.29. The van der Waals surface area contributed by atoms with E-state index in [0.717, 1.165) is 5.70 Å². The van der Waals surface area contributed by atoms with Crippen LogP contribution in [0.25, 0.3) is 0 Å². The van der Waals surface area contributed by atoms with E-state index in [9.17, 15) is 4.79 Å². The molecule has 1 amide bonds. The van der Waals surface area contributed by atoms with Crippen LogP contribution < -0.4 is 21.3 Å². The molecule has 2 atom stereocenters. The average molecular weight is 179 g/mol. The minimum Gasteiger partial charge on any atom is -0.369 e. The highest BCUT2D eigenvalue weighted by Crippen LogP contribution is 2.08. The third kappa shape index (κ3) is 0.919. The normalized spacial score (nSPS) is 34.9. The summed E-state index contributed by atoms with van der Waals surface area (Å²) in [4.78, 5) is 15.7. The van der Waals surface area contributed by atoms with E-state index in [1.165, 1.54) is 0 Å². The molecule has 13 heavy (non-hydrogen) atoms. The molecular formula is C7H9N5O. The van der Waals surface area contributed by atoms with Crippen LogP contribution in [0, 0.1) is 0 Å². The molecular weight excluding hydrogens is 170 g/mol. The van der Waals surface area contributed by atoms with Gasteiger partial charge in [-0.2, -0.15) is 0 Å². The summed E-state index contributed by atoms with van der Waals surface area (Å²) in [6.07, 6.45) is 1.55. The van der Waals surface area contributed by atoms with Crippen molar-refractivity contribution in [1.82, 2.24) is 21.3 Å². The lowest BCUT2D eigenvalue weighted by Crippen LogP contribution is -2.66. The molecule has 5 heterocycles. The molecule has 0 aliphatic carbocycles. The van der Waals surface area contributed by atoms with Crippen molar-refractivity contribution in [3.8, 4) is 0 Å². The Morgan fingerprint density at radius 3 is 3.31 bits per heavy atom. The van der Waals surface area contributed by atoms with Crippen LogP contribution in [-0.2, 0) is 4.79 Å². The van der Waals surface area contributed by atoms with E-state index in [-0.39, 0.29) is 18.2 Å². The van der Waals surface area contributed by atoms with Gasteiger partial charge >= 0.3 is 0 Å². The summed E-state index contributed by atoms with van der Waals surface area (Å²) in [7, 11) is 0. The summed E-state index contributed by atoms with van der Waals surface area (Å²) in [5, 5.41) is 11.9. The molecule has 0 radical (unpaired) electrons. The van der Waals surface area contributed by atoms with Crippen LogP contribution in [0.1, 0.15) is 0 Å². The standard InChI is InChI=1S/C7H9N5O/c13-6-4-5-8-1-3(10-4)2-9-7(11-5)12-6/h1,4,7,9-10H,2H2,(H,8,11)(H,12,13). The number of hydrogen-bond acceptors (Lipinski definition) is 5. The predicted octanol–water partition coefficient (Wildman–Crippen LogP) is -2.20. The first-order chi connectivity index (χ1) is 6.33. The van der Waals surface area contributed by atoms with Gasteiger partial charge in [-0.3, -0.25) is 10.1 Å². The number of amides is 1. The maximum absolute atomic E-state index is 11.5. The van der Waals surface area contributed by atoms with Crippen LogP contribution in [0.3, 0.4) is 0 Å². The molecule has 0 saturated carbocycles. The summed E-state index contributed by atoms with van der Waals surface area (Å²) in [6, 6.07) is -0.335. The fourth-order valence-corrected chi connectivity index (χ4v) is 1.64. The molecule has 2 unspecified atom stereocenters. The number of nitrogens with zero attached hydrogens (tertiary/aromatic N) is 1. The van der Waals surface area contributed by atoms with E-state index in [2.05, 4.69) is 26.3 Å². The van der Waals surface area contributed by atoms with Crippen LogP contribution in [0.15, 0.2) is 16.9 Å². The first-order valence-corrected chi connectivity index (χ1v) is 4.16. The highest BCUT2D eigenvalue weighted by Gasteiger charge is 2.35. The van der Waals surface area contributed by atoms with Gasteiger partial charge in [0.2, 0.25) is 0 Å². The number of carbonyl (C=O) groups is 1. The highest BCUT2D eigenvalue weighted by atomic mass is 16.2. The molecule has 68 valence electrons. The Kier molecular flexibility index (Phi) is 1.18. The molecule has 0 aromatic rings. The van der Waals surface area contributed by atoms with Crippen molar-refractivity contribution in [2.24, 2.45) is 4.99 Å². The van der Waals surface area contributed by atoms with E-state index in [4.69, 9.17) is 0 Å². The van der Waals surface area contributed by atoms with Gasteiger partial charge < -0.3 is 16.0 Å². The van der Waals surface area contributed by atoms with Crippen LogP contribution in [0.4, 0.5) is 0 Å². The molecule has 0 aromatic carbocycles. The Labute approximate surface area is 74.5 Å². The van der Waals surface area contributed by atoms with Crippen LogP contribution >= 0.6 is 0 Å². The quantitative estimate of drug-likeness (QED) is 0.340. The summed E-state index contributed by atoms with van der Waals surface area (Å²) in [5.41, 5.74) is 0.989. The fourth-order valence-electron chi connectivity index (χ4n) is 1.64. The number of hydrogen-bond donors (Lipinski definition) is 4. The molecule has 5 rings (SSSR count). The van der Waals surface area contributed by atoms with E-state index < -0.39 is 0 Å². The molecule has 1 fully saturated rings. The second-order valence-corrected chi connectivity index (χ2v) is 3.20. The van der Waals surface area contributed by atoms with Gasteiger partial charge in [0, 0.05) is 18.4 Å². The first kappa shape index (κ1) is 6.90. The topological polar surface area (TPSA) is 77.5 Å². The number of rotatable bonds is 0. The highest BCUT2D eigenvalue weighted by molar-refractivity contribution is 6.09. The third-order valence-electron chi connectivity index (χ3n) is 2.29. The summed E-state index contributed by atoms with van der Waals surface area (Å²) in [5.74, 6) is 0.644. The Balaban J connectivity index is 2.09. The molecule has 5 aliphatic heterocycles. The predicted molar refractivity (Wildman–Crippen MR) is 45.5 cm³/mol. The number of nitrogens with one attached hydrogen (secondary N) is 4. The minimum atomic E-state index is -0.335. The average Bonchev–Trinajstić information content (AvgIpc) is 2.09. The van der Waals surface area contributed by atoms with Crippen molar-refractivity contribution >= 4 is 11.7 Å². The van der Waals surface area contributed by atoms with Gasteiger partial charge in [0.05, 0.1) is 0 Å². The minimum absolute atomic E-state index is 0.0414. The molecule has 5 aliphatic rings. The van der Waals surface area contributed by atoms with Crippen molar-refractivity contribution in [2.45, 2.75) is 12.3 Å². The van der Waals surface area contributed by atoms with Gasteiger partial charge in [-0.15, -0.1) is 0 Å². The smallest absolute Gasteiger partial charge is 0.253 e. The zero-order valence-corrected chi connectivity index (χ0v) is 6.79. The molecule has 1 saturated heterocycles. The molecule has 4 bridgehead atoms. The monoisotopic (exact) mass is 179 g/mol. The van der Waals surface area contributed by atoms with Crippen molar-refractivity contribution < 1.29 is 4.79 Å². The maximum atomic E-state index is 11.5. The molecule has 4 N–H and O–H groups in total. The Bertz CT molecular complexity index is 334. The van der Waals surface area contributed by atoms with Gasteiger partial charge in [0.25, 0.3) is 5.91 Å². The van der Waals surface area contributed by atoms with Crippen molar-refractivity contribution in [2.75, 3.05) is 6.54 Å². The summed E-state index contributed by atoms with van der Waals surface area (Å²) < 4.78 is 0. The van der Waals surface area contributed by atoms with Gasteiger partial charge in [0.15, 0.2) is 12.3 Å². The van der Waals surface area contributed by atoms with Crippen LogP contribution in [0.5, 0.6) is 0 Å². The van der Waals surface area contributed by atoms with Gasteiger partial charge in [-0.05, 0) is 0 Å². The van der Waals surface area contributed by atoms with Gasteiger partial charge in [0.1, 0.15) is 5.84 Å². The number of carbonyl (C=O) groups excluding carboxylic acids is 1. The van der Waals surface area contributed by atoms with Crippen LogP contribution in [0.2, 0.25) is 0 Å². The second kappa shape index (κ2) is 2.23. The van der Waals surface area contributed by atoms with E-state index in [0.29, 0.717) is 12.4 Å². The van der Waals surface area contributed by atoms with Crippen LogP contribution in [-0.4, -0.2) is 30.6 Å². The number of amidine groups is 1. The van der Waals surface area contributed by atoms with Gasteiger partial charge in [-0.1, -0.05) is 0 Å². The lowest BCUT2D eigenvalue weighted by atomic mass is 10.1. The number of aliphatic imine (C=N–C) groups is 1. The Morgan fingerprint density at radius 2 is 2.38 bits per heavy atom. The summed E-state index contributed by atoms with van der Waals surface area (Å²) in [6.45, 7) is 0.686.